The Morgan fingerprint density at radius 1 is 1.16 bits per heavy atom. The lowest BCUT2D eigenvalue weighted by Crippen LogP contribution is -2.39. The van der Waals surface area contributed by atoms with Gasteiger partial charge in [-0.05, 0) is 35.9 Å². The van der Waals surface area contributed by atoms with E-state index in [1.165, 1.54) is 31.5 Å². The number of anilines is 1. The van der Waals surface area contributed by atoms with Crippen LogP contribution in [0, 0.1) is 0 Å². The van der Waals surface area contributed by atoms with Gasteiger partial charge in [0.2, 0.25) is 10.0 Å². The minimum Gasteiger partial charge on any atom is -0.482 e. The van der Waals surface area contributed by atoms with Gasteiger partial charge in [0, 0.05) is 0 Å². The van der Waals surface area contributed by atoms with Gasteiger partial charge >= 0.3 is 5.97 Å². The number of halogens is 2. The lowest BCUT2D eigenvalue weighted by molar-refractivity contribution is -0.142. The highest BCUT2D eigenvalue weighted by atomic mass is 35.5. The molecule has 166 valence electrons. The maximum absolute atomic E-state index is 12.2. The molecule has 0 spiro atoms. The van der Waals surface area contributed by atoms with Crippen molar-refractivity contribution < 1.29 is 27.5 Å². The molecule has 0 aromatic heterocycles. The first-order valence-electron chi connectivity index (χ1n) is 8.64. The molecule has 12 heteroatoms. The zero-order chi connectivity index (χ0) is 23.0. The topological polar surface area (TPSA) is 114 Å². The molecule has 0 radical (unpaired) electrons. The summed E-state index contributed by atoms with van der Waals surface area (Å²) < 4.78 is 34.9. The molecule has 0 unspecified atom stereocenters. The van der Waals surface area contributed by atoms with Crippen molar-refractivity contribution >= 4 is 57.0 Å². The number of nitrogens with zero attached hydrogens (tertiary/aromatic N) is 2. The van der Waals surface area contributed by atoms with E-state index >= 15 is 0 Å². The number of hydrogen-bond donors (Lipinski definition) is 1. The van der Waals surface area contributed by atoms with Gasteiger partial charge in [-0.25, -0.2) is 18.6 Å². The van der Waals surface area contributed by atoms with Crippen LogP contribution in [-0.4, -0.2) is 53.0 Å². The molecule has 0 heterocycles. The zero-order valence-electron chi connectivity index (χ0n) is 16.5. The summed E-state index contributed by atoms with van der Waals surface area (Å²) in [5, 5.41) is 4.22. The number of sulfonamides is 1. The van der Waals surface area contributed by atoms with Crippen LogP contribution in [0.5, 0.6) is 5.75 Å². The second kappa shape index (κ2) is 11.0. The number of amides is 1. The fourth-order valence-electron chi connectivity index (χ4n) is 2.27. The summed E-state index contributed by atoms with van der Waals surface area (Å²) in [5.74, 6) is -0.793. The first-order valence-corrected chi connectivity index (χ1v) is 11.2. The Kier molecular flexibility index (Phi) is 8.66. The van der Waals surface area contributed by atoms with Crippen molar-refractivity contribution in [2.45, 2.75) is 0 Å². The van der Waals surface area contributed by atoms with Gasteiger partial charge in [-0.2, -0.15) is 5.10 Å². The summed E-state index contributed by atoms with van der Waals surface area (Å²) in [4.78, 5) is 23.4. The molecule has 0 aliphatic carbocycles. The highest BCUT2D eigenvalue weighted by Gasteiger charge is 2.21. The van der Waals surface area contributed by atoms with E-state index in [2.05, 4.69) is 15.3 Å². The van der Waals surface area contributed by atoms with E-state index in [0.717, 1.165) is 10.6 Å². The summed E-state index contributed by atoms with van der Waals surface area (Å²) in [6.07, 6.45) is 2.30. The van der Waals surface area contributed by atoms with Crippen LogP contribution in [0.2, 0.25) is 10.0 Å². The van der Waals surface area contributed by atoms with Gasteiger partial charge in [-0.3, -0.25) is 9.10 Å². The Morgan fingerprint density at radius 3 is 2.55 bits per heavy atom. The lowest BCUT2D eigenvalue weighted by atomic mass is 10.2. The molecule has 1 N–H and O–H groups in total. The molecule has 0 saturated carbocycles. The number of hydrazone groups is 1. The van der Waals surface area contributed by atoms with E-state index in [1.54, 1.807) is 24.3 Å². The van der Waals surface area contributed by atoms with E-state index in [1.807, 2.05) is 0 Å². The Labute approximate surface area is 189 Å². The molecule has 0 atom stereocenters. The third-order valence-corrected chi connectivity index (χ3v) is 5.60. The summed E-state index contributed by atoms with van der Waals surface area (Å²) in [5.41, 5.74) is 3.02. The number of carbonyl (C=O) groups is 2. The first kappa shape index (κ1) is 24.4. The van der Waals surface area contributed by atoms with Crippen LogP contribution in [0.15, 0.2) is 47.6 Å². The highest BCUT2D eigenvalue weighted by molar-refractivity contribution is 7.92. The van der Waals surface area contributed by atoms with Crippen LogP contribution >= 0.6 is 23.2 Å². The average molecular weight is 488 g/mol. The minimum atomic E-state index is -3.78. The number of methoxy groups -OCH3 is 1. The number of nitrogens with one attached hydrogen (secondary N) is 1. The zero-order valence-corrected chi connectivity index (χ0v) is 18.9. The van der Waals surface area contributed by atoms with Gasteiger partial charge in [-0.1, -0.05) is 35.3 Å². The number of carbonyl (C=O) groups excluding carboxylic acids is 2. The molecule has 2 rings (SSSR count). The van der Waals surface area contributed by atoms with Crippen molar-refractivity contribution in [1.82, 2.24) is 5.43 Å². The van der Waals surface area contributed by atoms with Crippen LogP contribution in [-0.2, 0) is 24.3 Å². The molecule has 0 fully saturated rings. The summed E-state index contributed by atoms with van der Waals surface area (Å²) in [6, 6.07) is 10.8. The van der Waals surface area contributed by atoms with Crippen LogP contribution in [0.4, 0.5) is 5.69 Å². The van der Waals surface area contributed by atoms with Crippen molar-refractivity contribution in [2.24, 2.45) is 5.10 Å². The molecule has 0 aliphatic heterocycles. The lowest BCUT2D eigenvalue weighted by Gasteiger charge is -2.21. The second-order valence-corrected chi connectivity index (χ2v) is 8.82. The molecule has 2 aromatic rings. The van der Waals surface area contributed by atoms with Gasteiger partial charge in [-0.15, -0.1) is 0 Å². The van der Waals surface area contributed by atoms with E-state index in [0.29, 0.717) is 11.3 Å². The van der Waals surface area contributed by atoms with Crippen molar-refractivity contribution in [1.29, 1.82) is 0 Å². The largest absolute Gasteiger partial charge is 0.482 e. The van der Waals surface area contributed by atoms with Crippen LogP contribution in [0.25, 0.3) is 0 Å². The van der Waals surface area contributed by atoms with E-state index < -0.39 is 28.4 Å². The van der Waals surface area contributed by atoms with Crippen molar-refractivity contribution in [2.75, 3.05) is 30.8 Å². The third-order valence-electron chi connectivity index (χ3n) is 3.72. The fourth-order valence-corrected chi connectivity index (χ4v) is 3.41. The molecule has 31 heavy (non-hydrogen) atoms. The Morgan fingerprint density at radius 2 is 1.90 bits per heavy atom. The number of hydrogen-bond acceptors (Lipinski definition) is 7. The van der Waals surface area contributed by atoms with Crippen molar-refractivity contribution in [3.63, 3.8) is 0 Å². The third kappa shape index (κ3) is 7.74. The summed E-state index contributed by atoms with van der Waals surface area (Å²) in [6.45, 7) is -0.764. The van der Waals surface area contributed by atoms with Gasteiger partial charge in [0.05, 0.1) is 35.3 Å². The van der Waals surface area contributed by atoms with Gasteiger partial charge in [0.15, 0.2) is 6.61 Å². The predicted octanol–water partition coefficient (Wildman–Crippen LogP) is 2.46. The number of esters is 1. The second-order valence-electron chi connectivity index (χ2n) is 6.10. The van der Waals surface area contributed by atoms with Crippen LogP contribution < -0.4 is 14.5 Å². The molecule has 0 aliphatic rings. The fraction of sp³-hybridized carbons (Fsp3) is 0.211. The predicted molar refractivity (Wildman–Crippen MR) is 118 cm³/mol. The average Bonchev–Trinajstić information content (AvgIpc) is 2.72. The van der Waals surface area contributed by atoms with Crippen molar-refractivity contribution in [3.8, 4) is 5.75 Å². The molecule has 0 bridgehead atoms. The molecule has 9 nitrogen and oxygen atoms in total. The normalized spacial score (nSPS) is 11.2. The van der Waals surface area contributed by atoms with Gasteiger partial charge in [0.25, 0.3) is 5.91 Å². The molecular formula is C19H19Cl2N3O6S. The van der Waals surface area contributed by atoms with Crippen molar-refractivity contribution in [3.05, 3.63) is 58.1 Å². The quantitative estimate of drug-likeness (QED) is 0.330. The van der Waals surface area contributed by atoms with E-state index in [9.17, 15) is 18.0 Å². The maximum Gasteiger partial charge on any atom is 0.343 e. The molecule has 0 saturated heterocycles. The summed E-state index contributed by atoms with van der Waals surface area (Å²) >= 11 is 11.8. The molecule has 2 aromatic carbocycles. The molecular weight excluding hydrogens is 469 g/mol. The first-order chi connectivity index (χ1) is 14.6. The van der Waals surface area contributed by atoms with E-state index in [4.69, 9.17) is 27.9 Å². The molecule has 1 amide bonds. The Hall–Kier alpha value is -2.82. The number of benzene rings is 2. The maximum atomic E-state index is 12.2. The smallest absolute Gasteiger partial charge is 0.343 e. The monoisotopic (exact) mass is 487 g/mol. The number of ether oxygens (including phenoxy) is 2. The van der Waals surface area contributed by atoms with Crippen LogP contribution in [0.1, 0.15) is 5.56 Å². The highest BCUT2D eigenvalue weighted by Crippen LogP contribution is 2.28. The van der Waals surface area contributed by atoms with Crippen LogP contribution in [0.3, 0.4) is 0 Å². The Balaban J connectivity index is 2.03. The SMILES string of the molecule is COC(=O)COc1cccc(/C=N\NC(=O)CN(c2ccc(Cl)c(Cl)c2)S(C)(=O)=O)c1. The summed E-state index contributed by atoms with van der Waals surface area (Å²) in [7, 11) is -2.52. The van der Waals surface area contributed by atoms with Gasteiger partial charge < -0.3 is 9.47 Å². The van der Waals surface area contributed by atoms with Gasteiger partial charge in [0.1, 0.15) is 12.3 Å². The number of rotatable bonds is 9. The minimum absolute atomic E-state index is 0.153. The standard InChI is InChI=1S/C19H19Cl2N3O6S/c1-29-19(26)12-30-15-5-3-4-13(8-15)10-22-23-18(25)11-24(31(2,27)28)14-6-7-16(20)17(21)9-14/h3-10H,11-12H2,1-2H3,(H,23,25)/b22-10-. The van der Waals surface area contributed by atoms with E-state index in [-0.39, 0.29) is 22.3 Å². The Bertz CT molecular complexity index is 1090.